The number of nitrogens with one attached hydrogen (secondary N) is 2. The Balaban J connectivity index is 1.61. The fourth-order valence-corrected chi connectivity index (χ4v) is 3.58. The maximum Gasteiger partial charge on any atom is 0.307 e. The van der Waals surface area contributed by atoms with E-state index in [0.717, 1.165) is 12.8 Å². The molecule has 2 aromatic rings. The number of carbonyl (C=O) groups is 3. The molecule has 1 saturated carbocycles. The van der Waals surface area contributed by atoms with E-state index < -0.39 is 17.8 Å². The van der Waals surface area contributed by atoms with Crippen LogP contribution >= 0.6 is 0 Å². The number of carboxylic acid groups (broad SMARTS) is 1. The molecule has 7 heteroatoms. The lowest BCUT2D eigenvalue weighted by Gasteiger charge is -2.27. The predicted octanol–water partition coefficient (Wildman–Crippen LogP) is 3.78. The van der Waals surface area contributed by atoms with Crippen molar-refractivity contribution in [2.45, 2.75) is 25.7 Å². The Labute approximate surface area is 169 Å². The summed E-state index contributed by atoms with van der Waals surface area (Å²) in [5, 5.41) is 14.9. The van der Waals surface area contributed by atoms with Crippen molar-refractivity contribution in [3.63, 3.8) is 0 Å². The van der Waals surface area contributed by atoms with E-state index in [1.807, 2.05) is 0 Å². The summed E-state index contributed by atoms with van der Waals surface area (Å²) in [7, 11) is 1.54. The van der Waals surface area contributed by atoms with Crippen molar-refractivity contribution in [1.82, 2.24) is 0 Å². The van der Waals surface area contributed by atoms with Gasteiger partial charge in [0, 0.05) is 16.9 Å². The van der Waals surface area contributed by atoms with Crippen LogP contribution in [0.4, 0.5) is 11.4 Å². The number of amides is 2. The minimum Gasteiger partial charge on any atom is -0.497 e. The van der Waals surface area contributed by atoms with Crippen LogP contribution in [0.1, 0.15) is 36.0 Å². The first kappa shape index (κ1) is 20.4. The summed E-state index contributed by atoms with van der Waals surface area (Å²) in [4.78, 5) is 36.3. The number of benzene rings is 2. The highest BCUT2D eigenvalue weighted by molar-refractivity contribution is 6.04. The molecule has 152 valence electrons. The Morgan fingerprint density at radius 3 is 2.17 bits per heavy atom. The summed E-state index contributed by atoms with van der Waals surface area (Å²) in [5.41, 5.74) is 1.61. The quantitative estimate of drug-likeness (QED) is 0.689. The van der Waals surface area contributed by atoms with Crippen LogP contribution in [-0.2, 0) is 9.59 Å². The molecular weight excluding hydrogens is 372 g/mol. The molecule has 0 unspecified atom stereocenters. The first-order valence-electron chi connectivity index (χ1n) is 9.57. The van der Waals surface area contributed by atoms with Crippen molar-refractivity contribution in [3.05, 3.63) is 54.1 Å². The van der Waals surface area contributed by atoms with Gasteiger partial charge in [0.1, 0.15) is 5.75 Å². The molecule has 0 aliphatic heterocycles. The van der Waals surface area contributed by atoms with E-state index in [0.29, 0.717) is 35.5 Å². The van der Waals surface area contributed by atoms with Crippen molar-refractivity contribution in [2.75, 3.05) is 17.7 Å². The van der Waals surface area contributed by atoms with Crippen LogP contribution < -0.4 is 15.4 Å². The second-order valence-electron chi connectivity index (χ2n) is 7.09. The molecule has 2 amide bonds. The molecule has 2 atom stereocenters. The molecule has 1 aliphatic carbocycles. The maximum absolute atomic E-state index is 12.5. The number of carbonyl (C=O) groups excluding carboxylic acids is 2. The zero-order valence-corrected chi connectivity index (χ0v) is 16.2. The second-order valence-corrected chi connectivity index (χ2v) is 7.09. The third-order valence-corrected chi connectivity index (χ3v) is 5.16. The smallest absolute Gasteiger partial charge is 0.307 e. The average Bonchev–Trinajstić information content (AvgIpc) is 2.75. The minimum absolute atomic E-state index is 0.271. The van der Waals surface area contributed by atoms with Crippen molar-refractivity contribution in [1.29, 1.82) is 0 Å². The van der Waals surface area contributed by atoms with E-state index in [2.05, 4.69) is 10.6 Å². The van der Waals surface area contributed by atoms with Gasteiger partial charge in [-0.05, 0) is 55.3 Å². The lowest BCUT2D eigenvalue weighted by atomic mass is 9.78. The lowest BCUT2D eigenvalue weighted by Crippen LogP contribution is -2.36. The van der Waals surface area contributed by atoms with Crippen LogP contribution in [0.15, 0.2) is 48.5 Å². The van der Waals surface area contributed by atoms with Crippen molar-refractivity contribution < 1.29 is 24.2 Å². The Hall–Kier alpha value is -3.35. The summed E-state index contributed by atoms with van der Waals surface area (Å²) >= 11 is 0. The number of anilines is 2. The SMILES string of the molecule is COc1cccc(C(=O)Nc2ccc(NC(=O)[C@H]3CCCC[C@@H]3C(=O)O)cc2)c1. The topological polar surface area (TPSA) is 105 Å². The second kappa shape index (κ2) is 9.23. The first-order valence-corrected chi connectivity index (χ1v) is 9.57. The van der Waals surface area contributed by atoms with Gasteiger partial charge in [0.25, 0.3) is 5.91 Å². The molecule has 3 N–H and O–H groups in total. The molecule has 0 saturated heterocycles. The summed E-state index contributed by atoms with van der Waals surface area (Å²) in [6.07, 6.45) is 2.81. The van der Waals surface area contributed by atoms with Crippen LogP contribution in [0.5, 0.6) is 5.75 Å². The summed E-state index contributed by atoms with van der Waals surface area (Å²) < 4.78 is 5.12. The Morgan fingerprint density at radius 2 is 1.55 bits per heavy atom. The van der Waals surface area contributed by atoms with Gasteiger partial charge in [-0.3, -0.25) is 14.4 Å². The largest absolute Gasteiger partial charge is 0.497 e. The fourth-order valence-electron chi connectivity index (χ4n) is 3.58. The van der Waals surface area contributed by atoms with Gasteiger partial charge in [-0.25, -0.2) is 0 Å². The number of carboxylic acids is 1. The van der Waals surface area contributed by atoms with Gasteiger partial charge in [-0.15, -0.1) is 0 Å². The van der Waals surface area contributed by atoms with E-state index in [1.54, 1.807) is 48.5 Å². The Morgan fingerprint density at radius 1 is 0.931 bits per heavy atom. The molecule has 2 aromatic carbocycles. The van der Waals surface area contributed by atoms with Gasteiger partial charge in [-0.1, -0.05) is 18.9 Å². The number of rotatable bonds is 6. The highest BCUT2D eigenvalue weighted by Crippen LogP contribution is 2.31. The highest BCUT2D eigenvalue weighted by Gasteiger charge is 2.35. The molecule has 0 heterocycles. The normalized spacial score (nSPS) is 18.5. The van der Waals surface area contributed by atoms with Crippen molar-refractivity contribution in [2.24, 2.45) is 11.8 Å². The molecule has 0 bridgehead atoms. The molecule has 3 rings (SSSR count). The van der Waals surface area contributed by atoms with Crippen LogP contribution in [0.25, 0.3) is 0 Å². The zero-order chi connectivity index (χ0) is 20.8. The monoisotopic (exact) mass is 396 g/mol. The Bertz CT molecular complexity index is 894. The molecule has 7 nitrogen and oxygen atoms in total. The number of ether oxygens (including phenoxy) is 1. The molecule has 0 radical (unpaired) electrons. The first-order chi connectivity index (χ1) is 14.0. The molecule has 0 aromatic heterocycles. The Kier molecular flexibility index (Phi) is 6.49. The van der Waals surface area contributed by atoms with Gasteiger partial charge in [-0.2, -0.15) is 0 Å². The van der Waals surface area contributed by atoms with Gasteiger partial charge >= 0.3 is 5.97 Å². The van der Waals surface area contributed by atoms with Crippen LogP contribution in [0, 0.1) is 11.8 Å². The molecule has 29 heavy (non-hydrogen) atoms. The van der Waals surface area contributed by atoms with Crippen LogP contribution in [0.3, 0.4) is 0 Å². The molecular formula is C22H24N2O5. The fraction of sp³-hybridized carbons (Fsp3) is 0.318. The number of hydrogen-bond donors (Lipinski definition) is 3. The maximum atomic E-state index is 12.5. The third kappa shape index (κ3) is 5.13. The summed E-state index contributed by atoms with van der Waals surface area (Å²) in [6, 6.07) is 13.6. The summed E-state index contributed by atoms with van der Waals surface area (Å²) in [5.74, 6) is -2.02. The molecule has 0 spiro atoms. The van der Waals surface area contributed by atoms with Crippen LogP contribution in [-0.4, -0.2) is 30.0 Å². The van der Waals surface area contributed by atoms with E-state index in [-0.39, 0.29) is 11.8 Å². The van der Waals surface area contributed by atoms with E-state index in [1.165, 1.54) is 7.11 Å². The predicted molar refractivity (Wildman–Crippen MR) is 109 cm³/mol. The van der Waals surface area contributed by atoms with E-state index >= 15 is 0 Å². The van der Waals surface area contributed by atoms with E-state index in [4.69, 9.17) is 4.74 Å². The van der Waals surface area contributed by atoms with Gasteiger partial charge in [0.2, 0.25) is 5.91 Å². The van der Waals surface area contributed by atoms with Gasteiger partial charge < -0.3 is 20.5 Å². The lowest BCUT2D eigenvalue weighted by molar-refractivity contribution is -0.147. The number of hydrogen-bond acceptors (Lipinski definition) is 4. The van der Waals surface area contributed by atoms with Gasteiger partial charge in [0.15, 0.2) is 0 Å². The summed E-state index contributed by atoms with van der Waals surface area (Å²) in [6.45, 7) is 0. The van der Waals surface area contributed by atoms with E-state index in [9.17, 15) is 19.5 Å². The molecule has 1 fully saturated rings. The van der Waals surface area contributed by atoms with Crippen molar-refractivity contribution in [3.8, 4) is 5.75 Å². The average molecular weight is 396 g/mol. The number of methoxy groups -OCH3 is 1. The third-order valence-electron chi connectivity index (χ3n) is 5.16. The van der Waals surface area contributed by atoms with Gasteiger partial charge in [0.05, 0.1) is 18.9 Å². The minimum atomic E-state index is -0.916. The highest BCUT2D eigenvalue weighted by atomic mass is 16.5. The standard InChI is InChI=1S/C22H24N2O5/c1-29-17-6-4-5-14(13-17)20(25)23-15-9-11-16(12-10-15)24-21(26)18-7-2-3-8-19(18)22(27)28/h4-6,9-13,18-19H,2-3,7-8H2,1H3,(H,23,25)(H,24,26)(H,27,28)/t18-,19-/m0/s1. The zero-order valence-electron chi connectivity index (χ0n) is 16.2. The number of aliphatic carboxylic acids is 1. The van der Waals surface area contributed by atoms with Crippen molar-refractivity contribution >= 4 is 29.2 Å². The van der Waals surface area contributed by atoms with Crippen LogP contribution in [0.2, 0.25) is 0 Å². The molecule has 1 aliphatic rings.